The Balaban J connectivity index is 2.47. The third-order valence-electron chi connectivity index (χ3n) is 0.729. The molecule has 0 aromatic carbocycles. The molecule has 0 aromatic rings. The smallest absolute Gasteiger partial charge is 0.230 e. The number of primary sulfonamides is 1. The van der Waals surface area contributed by atoms with Crippen LogP contribution in [0.5, 0.6) is 0 Å². The average molecular weight is 166 g/mol. The van der Waals surface area contributed by atoms with Crippen molar-refractivity contribution in [2.45, 2.75) is 0 Å². The molecule has 0 aromatic heterocycles. The summed E-state index contributed by atoms with van der Waals surface area (Å²) in [6, 6.07) is 0. The van der Waals surface area contributed by atoms with Gasteiger partial charge in [0.1, 0.15) is 0 Å². The first-order valence-corrected chi connectivity index (χ1v) is 4.07. The predicted molar refractivity (Wildman–Crippen MR) is 31.1 cm³/mol. The van der Waals surface area contributed by atoms with E-state index in [1.807, 2.05) is 0 Å². The van der Waals surface area contributed by atoms with E-state index < -0.39 is 15.9 Å². The molecule has 7 heteroatoms. The van der Waals surface area contributed by atoms with Crippen molar-refractivity contribution in [2.24, 2.45) is 5.14 Å². The molecule has 1 rings (SSSR count). The Bertz CT molecular complexity index is 233. The molecule has 1 aliphatic heterocycles. The van der Waals surface area contributed by atoms with Gasteiger partial charge in [-0.15, -0.1) is 0 Å². The lowest BCUT2D eigenvalue weighted by molar-refractivity contribution is -0.351. The molecule has 1 heterocycles. The topological polar surface area (TPSA) is 81.9 Å². The molecular weight excluding hydrogens is 160 g/mol. The molecule has 0 bridgehead atoms. The summed E-state index contributed by atoms with van der Waals surface area (Å²) in [6.45, 7) is 0. The van der Waals surface area contributed by atoms with Gasteiger partial charge in [0.2, 0.25) is 10.0 Å². The van der Waals surface area contributed by atoms with Crippen LogP contribution in [0.15, 0.2) is 12.5 Å². The normalized spacial score (nSPS) is 17.5. The van der Waals surface area contributed by atoms with Gasteiger partial charge in [-0.3, -0.25) is 0 Å². The van der Waals surface area contributed by atoms with Crippen LogP contribution in [0.2, 0.25) is 0 Å². The molecule has 0 radical (unpaired) electrons. The minimum absolute atomic E-state index is 0.413. The highest BCUT2D eigenvalue weighted by Gasteiger charge is 2.13. The van der Waals surface area contributed by atoms with E-state index >= 15 is 0 Å². The summed E-state index contributed by atoms with van der Waals surface area (Å²) < 4.78 is 20.7. The molecule has 0 unspecified atom stereocenters. The number of nitrogens with two attached hydrogens (primary N) is 1. The standard InChI is InChI=1S/C3H6N2O4S/c4-10(6,7)3-5-1-2-8-9-5/h1-2H,3H2,(H2,4,6,7). The highest BCUT2D eigenvalue weighted by Crippen LogP contribution is 2.02. The molecule has 0 saturated heterocycles. The van der Waals surface area contributed by atoms with Crippen molar-refractivity contribution in [1.29, 1.82) is 0 Å². The largest absolute Gasteiger partial charge is 0.321 e. The Hall–Kier alpha value is -0.790. The van der Waals surface area contributed by atoms with Gasteiger partial charge in [-0.1, -0.05) is 4.99 Å². The first kappa shape index (κ1) is 7.32. The SMILES string of the molecule is NS(=O)(=O)CN1C=COO1. The Morgan fingerprint density at radius 2 is 2.30 bits per heavy atom. The first-order valence-electron chi connectivity index (χ1n) is 2.35. The zero-order valence-electron chi connectivity index (χ0n) is 4.93. The van der Waals surface area contributed by atoms with Crippen LogP contribution < -0.4 is 5.14 Å². The van der Waals surface area contributed by atoms with Crippen molar-refractivity contribution in [2.75, 3.05) is 5.88 Å². The van der Waals surface area contributed by atoms with Crippen molar-refractivity contribution in [3.63, 3.8) is 0 Å². The van der Waals surface area contributed by atoms with E-state index in [9.17, 15) is 8.42 Å². The highest BCUT2D eigenvalue weighted by atomic mass is 32.2. The van der Waals surface area contributed by atoms with Gasteiger partial charge in [0, 0.05) is 0 Å². The number of hydroxylamine groups is 2. The van der Waals surface area contributed by atoms with Gasteiger partial charge in [0.15, 0.2) is 12.1 Å². The number of rotatable bonds is 2. The van der Waals surface area contributed by atoms with Crippen molar-refractivity contribution in [3.8, 4) is 0 Å². The van der Waals surface area contributed by atoms with E-state index in [2.05, 4.69) is 15.0 Å². The van der Waals surface area contributed by atoms with Crippen molar-refractivity contribution >= 4 is 10.0 Å². The van der Waals surface area contributed by atoms with Gasteiger partial charge in [0.25, 0.3) is 0 Å². The maximum absolute atomic E-state index is 10.4. The van der Waals surface area contributed by atoms with E-state index in [0.717, 1.165) is 5.06 Å². The third kappa shape index (κ3) is 2.21. The lowest BCUT2D eigenvalue weighted by atomic mass is 10.9. The van der Waals surface area contributed by atoms with E-state index in [4.69, 9.17) is 0 Å². The maximum atomic E-state index is 10.4. The molecule has 2 N–H and O–H groups in total. The quantitative estimate of drug-likeness (QED) is 0.525. The molecule has 0 spiro atoms. The number of hydrogen-bond donors (Lipinski definition) is 1. The molecule has 10 heavy (non-hydrogen) atoms. The molecule has 1 aliphatic rings. The van der Waals surface area contributed by atoms with Crippen LogP contribution >= 0.6 is 0 Å². The van der Waals surface area contributed by atoms with Gasteiger partial charge >= 0.3 is 0 Å². The second-order valence-corrected chi connectivity index (χ2v) is 3.25. The molecule has 0 fully saturated rings. The summed E-state index contributed by atoms with van der Waals surface area (Å²) in [5.41, 5.74) is 0. The monoisotopic (exact) mass is 166 g/mol. The lowest BCUT2D eigenvalue weighted by Gasteiger charge is -2.07. The second kappa shape index (κ2) is 2.45. The molecule has 58 valence electrons. The highest BCUT2D eigenvalue weighted by molar-refractivity contribution is 7.89. The van der Waals surface area contributed by atoms with Gasteiger partial charge < -0.3 is 4.89 Å². The fraction of sp³-hybridized carbons (Fsp3) is 0.333. The van der Waals surface area contributed by atoms with Crippen LogP contribution in [0.3, 0.4) is 0 Å². The van der Waals surface area contributed by atoms with Gasteiger partial charge in [-0.2, -0.15) is 5.06 Å². The number of sulfonamides is 1. The Morgan fingerprint density at radius 1 is 1.60 bits per heavy atom. The summed E-state index contributed by atoms with van der Waals surface area (Å²) in [4.78, 5) is 8.52. The van der Waals surface area contributed by atoms with Crippen LogP contribution in [-0.2, 0) is 19.9 Å². The fourth-order valence-corrected chi connectivity index (χ4v) is 0.923. The van der Waals surface area contributed by atoms with Crippen LogP contribution in [0.25, 0.3) is 0 Å². The molecule has 0 atom stereocenters. The van der Waals surface area contributed by atoms with Crippen molar-refractivity contribution in [1.82, 2.24) is 5.06 Å². The van der Waals surface area contributed by atoms with E-state index in [1.54, 1.807) is 0 Å². The van der Waals surface area contributed by atoms with Gasteiger partial charge in [-0.25, -0.2) is 13.6 Å². The fourth-order valence-electron chi connectivity index (χ4n) is 0.440. The van der Waals surface area contributed by atoms with Gasteiger partial charge in [-0.05, 0) is 0 Å². The lowest BCUT2D eigenvalue weighted by Crippen LogP contribution is -2.27. The number of hydrogen-bond acceptors (Lipinski definition) is 5. The van der Waals surface area contributed by atoms with E-state index in [0.29, 0.717) is 0 Å². The summed E-state index contributed by atoms with van der Waals surface area (Å²) in [5.74, 6) is -0.413. The zero-order valence-corrected chi connectivity index (χ0v) is 5.74. The Kier molecular flexibility index (Phi) is 1.79. The third-order valence-corrected chi connectivity index (χ3v) is 1.34. The van der Waals surface area contributed by atoms with Crippen LogP contribution in [0.1, 0.15) is 0 Å². The van der Waals surface area contributed by atoms with Crippen molar-refractivity contribution in [3.05, 3.63) is 12.5 Å². The Morgan fingerprint density at radius 3 is 2.70 bits per heavy atom. The van der Waals surface area contributed by atoms with E-state index in [1.165, 1.54) is 12.5 Å². The summed E-state index contributed by atoms with van der Waals surface area (Å²) in [7, 11) is -3.54. The average Bonchev–Trinajstić information content (AvgIpc) is 2.12. The first-order chi connectivity index (χ1) is 4.58. The van der Waals surface area contributed by atoms with Crippen molar-refractivity contribution < 1.29 is 18.3 Å². The van der Waals surface area contributed by atoms with Gasteiger partial charge in [0.05, 0.1) is 6.20 Å². The maximum Gasteiger partial charge on any atom is 0.230 e. The zero-order chi connectivity index (χ0) is 7.61. The summed E-state index contributed by atoms with van der Waals surface area (Å²) in [6.07, 6.45) is 2.51. The Labute approximate surface area is 57.7 Å². The number of nitrogens with zero attached hydrogens (tertiary/aromatic N) is 1. The van der Waals surface area contributed by atoms with Crippen LogP contribution in [-0.4, -0.2) is 19.4 Å². The second-order valence-electron chi connectivity index (χ2n) is 1.66. The molecular formula is C3H6N2O4S. The predicted octanol–water partition coefficient (Wildman–Crippen LogP) is -1.12. The summed E-state index contributed by atoms with van der Waals surface area (Å²) >= 11 is 0. The van der Waals surface area contributed by atoms with E-state index in [-0.39, 0.29) is 0 Å². The summed E-state index contributed by atoms with van der Waals surface area (Å²) in [5, 5.41) is 5.63. The minimum Gasteiger partial charge on any atom is -0.321 e. The minimum atomic E-state index is -3.54. The molecule has 0 amide bonds. The van der Waals surface area contributed by atoms with Crippen LogP contribution in [0.4, 0.5) is 0 Å². The molecule has 0 aliphatic carbocycles. The molecule has 6 nitrogen and oxygen atoms in total. The molecule has 0 saturated carbocycles. The van der Waals surface area contributed by atoms with Crippen LogP contribution in [0, 0.1) is 0 Å².